The number of nitrogens with zero attached hydrogens (tertiary/aromatic N) is 1. The highest BCUT2D eigenvalue weighted by Gasteiger charge is 2.36. The summed E-state index contributed by atoms with van der Waals surface area (Å²) in [6.07, 6.45) is 0. The van der Waals surface area contributed by atoms with E-state index in [1.165, 1.54) is 27.8 Å². The Morgan fingerprint density at radius 3 is 1.75 bits per heavy atom. The van der Waals surface area contributed by atoms with Crippen LogP contribution in [0.1, 0.15) is 25.0 Å². The average molecular weight is 860 g/mol. The number of hydrogen-bond donors (Lipinski definition) is 0. The van der Waals surface area contributed by atoms with Crippen molar-refractivity contribution in [2.24, 2.45) is 0 Å². The van der Waals surface area contributed by atoms with Gasteiger partial charge in [0.15, 0.2) is 0 Å². The SMILES string of the molecule is CC1(C)c2ccccc2-c2ccc(N(c3ccc(-c4cccc5c4oc4ccccc45)cc3)c3ccc4c(c3)oc3c(-c5ccc(-c6ccccc6)cc5)c5c(cc34)oc3ccccc35)cc21. The summed E-state index contributed by atoms with van der Waals surface area (Å²) in [5.74, 6) is 0. The minimum Gasteiger partial charge on any atom is -0.456 e. The first kappa shape index (κ1) is 37.7. The van der Waals surface area contributed by atoms with E-state index in [-0.39, 0.29) is 5.41 Å². The average Bonchev–Trinajstić information content (AvgIpc) is 4.12. The predicted octanol–water partition coefficient (Wildman–Crippen LogP) is 18.2. The van der Waals surface area contributed by atoms with Crippen LogP contribution in [0.2, 0.25) is 0 Å². The van der Waals surface area contributed by atoms with Crippen LogP contribution in [0, 0.1) is 0 Å². The highest BCUT2D eigenvalue weighted by molar-refractivity contribution is 6.23. The summed E-state index contributed by atoms with van der Waals surface area (Å²) in [7, 11) is 0. The van der Waals surface area contributed by atoms with Crippen molar-refractivity contribution in [1.82, 2.24) is 0 Å². The number of benzene rings is 10. The van der Waals surface area contributed by atoms with Crippen LogP contribution >= 0.6 is 0 Å². The minimum atomic E-state index is -0.164. The van der Waals surface area contributed by atoms with Gasteiger partial charge in [-0.15, -0.1) is 0 Å². The van der Waals surface area contributed by atoms with E-state index in [1.807, 2.05) is 24.3 Å². The Kier molecular flexibility index (Phi) is 8.00. The molecule has 4 heteroatoms. The zero-order valence-electron chi connectivity index (χ0n) is 36.9. The predicted molar refractivity (Wildman–Crippen MR) is 277 cm³/mol. The third kappa shape index (κ3) is 5.66. The van der Waals surface area contributed by atoms with E-state index < -0.39 is 0 Å². The number of fused-ring (bicyclic) bond motifs is 12. The van der Waals surface area contributed by atoms with Crippen LogP contribution in [0.25, 0.3) is 110 Å². The van der Waals surface area contributed by atoms with Gasteiger partial charge in [-0.25, -0.2) is 0 Å². The molecular formula is C63H41NO3. The molecule has 0 bridgehead atoms. The van der Waals surface area contributed by atoms with Crippen LogP contribution in [0.15, 0.2) is 226 Å². The maximum Gasteiger partial charge on any atom is 0.144 e. The quantitative estimate of drug-likeness (QED) is 0.167. The van der Waals surface area contributed by atoms with Crippen molar-refractivity contribution in [2.75, 3.05) is 4.90 Å². The molecule has 13 aromatic rings. The smallest absolute Gasteiger partial charge is 0.144 e. The number of para-hydroxylation sites is 3. The molecule has 4 nitrogen and oxygen atoms in total. The first-order chi connectivity index (χ1) is 33.0. The molecule has 1 aliphatic carbocycles. The van der Waals surface area contributed by atoms with Crippen LogP contribution in [-0.2, 0) is 5.41 Å². The molecule has 0 saturated carbocycles. The van der Waals surface area contributed by atoms with Crippen LogP contribution in [0.5, 0.6) is 0 Å². The van der Waals surface area contributed by atoms with Crippen LogP contribution in [0.3, 0.4) is 0 Å². The third-order valence-corrected chi connectivity index (χ3v) is 14.3. The normalized spacial score (nSPS) is 13.0. The second-order valence-corrected chi connectivity index (χ2v) is 18.4. The van der Waals surface area contributed by atoms with E-state index in [0.717, 1.165) is 111 Å². The van der Waals surface area contributed by atoms with Gasteiger partial charge in [0.1, 0.15) is 33.5 Å². The second kappa shape index (κ2) is 14.2. The van der Waals surface area contributed by atoms with Gasteiger partial charge in [-0.1, -0.05) is 166 Å². The van der Waals surface area contributed by atoms with Gasteiger partial charge in [-0.05, 0) is 99.1 Å². The molecular weight excluding hydrogens is 819 g/mol. The lowest BCUT2D eigenvalue weighted by atomic mass is 9.82. The van der Waals surface area contributed by atoms with Crippen molar-refractivity contribution in [3.8, 4) is 44.5 Å². The molecule has 0 fully saturated rings. The Balaban J connectivity index is 0.950. The van der Waals surface area contributed by atoms with Crippen LogP contribution < -0.4 is 4.90 Å². The monoisotopic (exact) mass is 859 g/mol. The van der Waals surface area contributed by atoms with Crippen molar-refractivity contribution in [3.05, 3.63) is 223 Å². The zero-order valence-corrected chi connectivity index (χ0v) is 36.9. The molecule has 1 aliphatic rings. The largest absolute Gasteiger partial charge is 0.456 e. The molecule has 10 aromatic carbocycles. The molecule has 316 valence electrons. The molecule has 0 N–H and O–H groups in total. The maximum absolute atomic E-state index is 7.16. The summed E-state index contributed by atoms with van der Waals surface area (Å²) >= 11 is 0. The fourth-order valence-electron chi connectivity index (χ4n) is 11.0. The fraction of sp³-hybridized carbons (Fsp3) is 0.0476. The van der Waals surface area contributed by atoms with E-state index in [2.05, 4.69) is 207 Å². The number of rotatable bonds is 6. The van der Waals surface area contributed by atoms with Crippen molar-refractivity contribution >= 4 is 82.9 Å². The summed E-state index contributed by atoms with van der Waals surface area (Å²) < 4.78 is 20.3. The molecule has 0 radical (unpaired) electrons. The number of furan rings is 3. The number of anilines is 3. The standard InChI is InChI=1S/C63H41NO3/c1-63(2)53-20-9-6-15-46(53)47-33-31-43(35-54(47)63)64(42-29-27-40(28-30-42)45-18-12-19-50-48-16-7-10-21-55(48)66-61(45)50)44-32-34-49-52-37-58-60(51-17-8-11-22-56(51)65-58)59(62(52)67-57(49)36-44)41-25-23-39(24-26-41)38-13-4-3-5-14-38/h3-37H,1-2H3. The lowest BCUT2D eigenvalue weighted by Gasteiger charge is -2.28. The van der Waals surface area contributed by atoms with Gasteiger partial charge in [0.25, 0.3) is 0 Å². The Morgan fingerprint density at radius 1 is 0.328 bits per heavy atom. The molecule has 0 amide bonds. The Morgan fingerprint density at radius 2 is 0.910 bits per heavy atom. The molecule has 14 rings (SSSR count). The summed E-state index contributed by atoms with van der Waals surface area (Å²) in [6, 6.07) is 75.8. The van der Waals surface area contributed by atoms with Crippen LogP contribution in [0.4, 0.5) is 17.1 Å². The Bertz CT molecular complexity index is 4110. The fourth-order valence-corrected chi connectivity index (χ4v) is 11.0. The van der Waals surface area contributed by atoms with E-state index >= 15 is 0 Å². The van der Waals surface area contributed by atoms with Gasteiger partial charge in [-0.2, -0.15) is 0 Å². The maximum atomic E-state index is 7.16. The van der Waals surface area contributed by atoms with E-state index in [4.69, 9.17) is 13.3 Å². The molecule has 3 heterocycles. The van der Waals surface area contributed by atoms with Gasteiger partial charge in [0, 0.05) is 72.0 Å². The molecule has 0 unspecified atom stereocenters. The Hall–Kier alpha value is -8.60. The zero-order chi connectivity index (χ0) is 44.4. The van der Waals surface area contributed by atoms with Gasteiger partial charge < -0.3 is 18.2 Å². The highest BCUT2D eigenvalue weighted by Crippen LogP contribution is 2.52. The molecule has 67 heavy (non-hydrogen) atoms. The molecule has 0 atom stereocenters. The van der Waals surface area contributed by atoms with Crippen molar-refractivity contribution in [3.63, 3.8) is 0 Å². The van der Waals surface area contributed by atoms with Gasteiger partial charge >= 0.3 is 0 Å². The summed E-state index contributed by atoms with van der Waals surface area (Å²) in [4.78, 5) is 2.36. The van der Waals surface area contributed by atoms with Gasteiger partial charge in [0.2, 0.25) is 0 Å². The third-order valence-electron chi connectivity index (χ3n) is 14.3. The van der Waals surface area contributed by atoms with E-state index in [0.29, 0.717) is 0 Å². The number of hydrogen-bond acceptors (Lipinski definition) is 4. The summed E-state index contributed by atoms with van der Waals surface area (Å²) in [5.41, 5.74) is 19.9. The summed E-state index contributed by atoms with van der Waals surface area (Å²) in [6.45, 7) is 4.68. The van der Waals surface area contributed by atoms with E-state index in [1.54, 1.807) is 0 Å². The van der Waals surface area contributed by atoms with Crippen molar-refractivity contribution < 1.29 is 13.3 Å². The topological polar surface area (TPSA) is 42.7 Å². The molecule has 0 aliphatic heterocycles. The van der Waals surface area contributed by atoms with Gasteiger partial charge in [-0.3, -0.25) is 0 Å². The summed E-state index contributed by atoms with van der Waals surface area (Å²) in [5, 5.41) is 6.41. The van der Waals surface area contributed by atoms with Crippen molar-refractivity contribution in [2.45, 2.75) is 19.3 Å². The lowest BCUT2D eigenvalue weighted by molar-refractivity contribution is 0.660. The Labute approximate surface area is 386 Å². The first-order valence-electron chi connectivity index (χ1n) is 23.0. The van der Waals surface area contributed by atoms with Gasteiger partial charge in [0.05, 0.1) is 0 Å². The first-order valence-corrected chi connectivity index (χ1v) is 23.0. The lowest BCUT2D eigenvalue weighted by Crippen LogP contribution is -2.16. The van der Waals surface area contributed by atoms with E-state index in [9.17, 15) is 0 Å². The highest BCUT2D eigenvalue weighted by atomic mass is 16.3. The minimum absolute atomic E-state index is 0.164. The molecule has 0 spiro atoms. The van der Waals surface area contributed by atoms with Crippen LogP contribution in [-0.4, -0.2) is 0 Å². The second-order valence-electron chi connectivity index (χ2n) is 18.4. The molecule has 3 aromatic heterocycles. The molecule has 0 saturated heterocycles. The van der Waals surface area contributed by atoms with Crippen molar-refractivity contribution in [1.29, 1.82) is 0 Å².